The van der Waals surface area contributed by atoms with Gasteiger partial charge in [0.2, 0.25) is 10.0 Å². The molecule has 0 radical (unpaired) electrons. The van der Waals surface area contributed by atoms with Crippen LogP contribution in [-0.4, -0.2) is 26.7 Å². The summed E-state index contributed by atoms with van der Waals surface area (Å²) in [4.78, 5) is 0.385. The minimum atomic E-state index is -3.63. The molecule has 0 aliphatic carbocycles. The minimum Gasteiger partial charge on any atom is -0.395 e. The largest absolute Gasteiger partial charge is 0.395 e. The van der Waals surface area contributed by atoms with Crippen molar-refractivity contribution in [2.45, 2.75) is 64.2 Å². The van der Waals surface area contributed by atoms with E-state index in [2.05, 4.69) is 18.6 Å². The second-order valence-corrected chi connectivity index (χ2v) is 8.32. The summed E-state index contributed by atoms with van der Waals surface area (Å²) in [6.45, 7) is 12.1. The molecule has 0 aliphatic heterocycles. The monoisotopic (exact) mass is 327 g/mol. The molecule has 0 spiro atoms. The number of hydrogen-bond donors (Lipinski definition) is 2. The molecule has 1 rings (SSSR count). The van der Waals surface area contributed by atoms with E-state index in [1.807, 2.05) is 39.8 Å². The van der Waals surface area contributed by atoms with Crippen LogP contribution in [0.2, 0.25) is 0 Å². The van der Waals surface area contributed by atoms with Gasteiger partial charge in [0.25, 0.3) is 0 Å². The lowest BCUT2D eigenvalue weighted by atomic mass is 9.89. The fraction of sp³-hybridized carbons (Fsp3) is 0.647. The molecule has 0 heterocycles. The summed E-state index contributed by atoms with van der Waals surface area (Å²) in [5, 5.41) is 8.92. The maximum atomic E-state index is 12.7. The number of sulfonamides is 1. The van der Waals surface area contributed by atoms with E-state index in [9.17, 15) is 8.42 Å². The molecule has 0 unspecified atom stereocenters. The lowest BCUT2D eigenvalue weighted by Gasteiger charge is -2.22. The molecular formula is C17H29NO3S. The van der Waals surface area contributed by atoms with E-state index in [0.29, 0.717) is 10.8 Å². The molecule has 5 heteroatoms. The van der Waals surface area contributed by atoms with Gasteiger partial charge in [-0.2, -0.15) is 0 Å². The van der Waals surface area contributed by atoms with Crippen molar-refractivity contribution in [1.82, 2.24) is 4.72 Å². The van der Waals surface area contributed by atoms with E-state index in [-0.39, 0.29) is 25.0 Å². The zero-order valence-corrected chi connectivity index (χ0v) is 15.3. The zero-order chi connectivity index (χ0) is 17.1. The summed E-state index contributed by atoms with van der Waals surface area (Å²) < 4.78 is 27.9. The summed E-state index contributed by atoms with van der Waals surface area (Å²) >= 11 is 0. The average molecular weight is 327 g/mol. The fourth-order valence-electron chi connectivity index (χ4n) is 2.45. The topological polar surface area (TPSA) is 66.4 Å². The van der Waals surface area contributed by atoms with Crippen LogP contribution in [0.5, 0.6) is 0 Å². The van der Waals surface area contributed by atoms with Gasteiger partial charge in [-0.15, -0.1) is 0 Å². The second kappa shape index (κ2) is 7.57. The van der Waals surface area contributed by atoms with Crippen LogP contribution in [0.15, 0.2) is 17.0 Å². The Labute approximate surface area is 135 Å². The Kier molecular flexibility index (Phi) is 6.59. The van der Waals surface area contributed by atoms with Gasteiger partial charge in [0, 0.05) is 6.54 Å². The molecule has 22 heavy (non-hydrogen) atoms. The Balaban J connectivity index is 3.65. The fourth-order valence-corrected chi connectivity index (χ4v) is 4.17. The van der Waals surface area contributed by atoms with Crippen molar-refractivity contribution in [3.8, 4) is 0 Å². The van der Waals surface area contributed by atoms with Crippen molar-refractivity contribution in [2.75, 3.05) is 13.2 Å². The third kappa shape index (κ3) is 4.31. The highest BCUT2D eigenvalue weighted by Gasteiger charge is 2.26. The molecule has 0 bridgehead atoms. The number of benzene rings is 1. The van der Waals surface area contributed by atoms with Crippen molar-refractivity contribution in [1.29, 1.82) is 0 Å². The number of nitrogens with one attached hydrogen (secondary N) is 1. The molecule has 0 aromatic heterocycles. The first-order valence-electron chi connectivity index (χ1n) is 7.90. The normalized spacial score (nSPS) is 12.6. The molecule has 0 amide bonds. The van der Waals surface area contributed by atoms with Crippen molar-refractivity contribution in [2.24, 2.45) is 0 Å². The van der Waals surface area contributed by atoms with E-state index in [1.165, 1.54) is 0 Å². The van der Waals surface area contributed by atoms with Crippen molar-refractivity contribution >= 4 is 10.0 Å². The van der Waals surface area contributed by atoms with Crippen molar-refractivity contribution in [3.05, 3.63) is 28.8 Å². The molecule has 0 fully saturated rings. The minimum absolute atomic E-state index is 0.0311. The first kappa shape index (κ1) is 19.1. The lowest BCUT2D eigenvalue weighted by Crippen LogP contribution is -2.29. The highest BCUT2D eigenvalue weighted by molar-refractivity contribution is 7.89. The van der Waals surface area contributed by atoms with E-state index in [4.69, 9.17) is 5.11 Å². The second-order valence-electron chi connectivity index (χ2n) is 6.61. The third-order valence-corrected chi connectivity index (χ3v) is 5.35. The summed E-state index contributed by atoms with van der Waals surface area (Å²) in [5.74, 6) is 0.561. The highest BCUT2D eigenvalue weighted by Crippen LogP contribution is 2.34. The molecule has 1 aromatic carbocycles. The lowest BCUT2D eigenvalue weighted by molar-refractivity contribution is 0.301. The Hall–Kier alpha value is -0.910. The number of hydrogen-bond acceptors (Lipinski definition) is 3. The van der Waals surface area contributed by atoms with Gasteiger partial charge in [0.05, 0.1) is 11.5 Å². The Morgan fingerprint density at radius 3 is 1.73 bits per heavy atom. The molecule has 2 N–H and O–H groups in total. The van der Waals surface area contributed by atoms with Crippen LogP contribution < -0.4 is 4.72 Å². The van der Waals surface area contributed by atoms with Gasteiger partial charge in [0.1, 0.15) is 0 Å². The molecule has 0 atom stereocenters. The van der Waals surface area contributed by atoms with Crippen LogP contribution in [-0.2, 0) is 10.0 Å². The zero-order valence-electron chi connectivity index (χ0n) is 14.5. The summed E-state index contributed by atoms with van der Waals surface area (Å²) in [6, 6.07) is 4.02. The van der Waals surface area contributed by atoms with Crippen LogP contribution in [0.4, 0.5) is 0 Å². The van der Waals surface area contributed by atoms with Crippen LogP contribution in [0.3, 0.4) is 0 Å². The third-order valence-electron chi connectivity index (χ3n) is 3.75. The van der Waals surface area contributed by atoms with Crippen LogP contribution in [0.25, 0.3) is 0 Å². The number of aliphatic hydroxyl groups excluding tert-OH is 1. The van der Waals surface area contributed by atoms with E-state index in [0.717, 1.165) is 16.7 Å². The van der Waals surface area contributed by atoms with Crippen LogP contribution >= 0.6 is 0 Å². The molecule has 0 saturated heterocycles. The van der Waals surface area contributed by atoms with Gasteiger partial charge in [-0.1, -0.05) is 53.7 Å². The first-order valence-corrected chi connectivity index (χ1v) is 9.38. The van der Waals surface area contributed by atoms with Crippen molar-refractivity contribution < 1.29 is 13.5 Å². The Morgan fingerprint density at radius 1 is 0.955 bits per heavy atom. The van der Waals surface area contributed by atoms with Gasteiger partial charge < -0.3 is 5.11 Å². The maximum absolute atomic E-state index is 12.7. The summed E-state index contributed by atoms with van der Waals surface area (Å²) in [6.07, 6.45) is 0. The molecular weight excluding hydrogens is 298 g/mol. The van der Waals surface area contributed by atoms with Crippen LogP contribution in [0, 0.1) is 0 Å². The van der Waals surface area contributed by atoms with Gasteiger partial charge in [-0.25, -0.2) is 13.1 Å². The first-order chi connectivity index (χ1) is 10.1. The SMILES string of the molecule is CC(C)c1cc(C(C)C)c(S(=O)(=O)NCCO)c(C(C)C)c1. The van der Waals surface area contributed by atoms with E-state index >= 15 is 0 Å². The Morgan fingerprint density at radius 2 is 1.41 bits per heavy atom. The Bertz CT molecular complexity index is 575. The predicted molar refractivity (Wildman–Crippen MR) is 91.0 cm³/mol. The number of rotatable bonds is 7. The van der Waals surface area contributed by atoms with Crippen LogP contribution in [0.1, 0.15) is 76.0 Å². The molecule has 0 saturated carbocycles. The molecule has 1 aromatic rings. The van der Waals surface area contributed by atoms with E-state index in [1.54, 1.807) is 0 Å². The average Bonchev–Trinajstić information content (AvgIpc) is 2.43. The molecule has 0 aliphatic rings. The van der Waals surface area contributed by atoms with Gasteiger partial charge in [-0.3, -0.25) is 0 Å². The van der Waals surface area contributed by atoms with Gasteiger partial charge in [0.15, 0.2) is 0 Å². The van der Waals surface area contributed by atoms with Gasteiger partial charge >= 0.3 is 0 Å². The predicted octanol–water partition coefficient (Wildman–Crippen LogP) is 3.33. The molecule has 4 nitrogen and oxygen atoms in total. The quantitative estimate of drug-likeness (QED) is 0.807. The summed E-state index contributed by atoms with van der Waals surface area (Å²) in [7, 11) is -3.63. The molecule has 126 valence electrons. The highest BCUT2D eigenvalue weighted by atomic mass is 32.2. The maximum Gasteiger partial charge on any atom is 0.241 e. The number of aliphatic hydroxyl groups is 1. The smallest absolute Gasteiger partial charge is 0.241 e. The summed E-state index contributed by atoms with van der Waals surface area (Å²) in [5.41, 5.74) is 2.86. The van der Waals surface area contributed by atoms with E-state index < -0.39 is 10.0 Å². The van der Waals surface area contributed by atoms with Gasteiger partial charge in [-0.05, 0) is 34.4 Å². The standard InChI is InChI=1S/C17H29NO3S/c1-11(2)14-9-15(12(3)4)17(16(10-14)13(5)6)22(20,21)18-7-8-19/h9-13,18-19H,7-8H2,1-6H3. The van der Waals surface area contributed by atoms with Crippen molar-refractivity contribution in [3.63, 3.8) is 0 Å².